The lowest BCUT2D eigenvalue weighted by atomic mass is 10.0. The number of halogens is 1. The molecule has 2 N–H and O–H groups in total. The van der Waals surface area contributed by atoms with E-state index in [0.29, 0.717) is 5.69 Å². The molecule has 6 nitrogen and oxygen atoms in total. The number of nitrogens with one attached hydrogen (secondary N) is 2. The third kappa shape index (κ3) is 3.42. The van der Waals surface area contributed by atoms with Crippen LogP contribution in [0.3, 0.4) is 0 Å². The molecule has 1 aliphatic rings. The van der Waals surface area contributed by atoms with Crippen LogP contribution < -0.4 is 10.6 Å². The minimum Gasteiger partial charge on any atom is -0.325 e. The van der Waals surface area contributed by atoms with Gasteiger partial charge in [0.25, 0.3) is 5.69 Å². The van der Waals surface area contributed by atoms with E-state index in [1.807, 2.05) is 0 Å². The first-order valence-electron chi connectivity index (χ1n) is 6.06. The average Bonchev–Trinajstić information content (AvgIpc) is 2.39. The standard InChI is InChI=1S/C12H14ClN3O3/c13-9-7-8(4-5-11(9)16(18)19)15-12(17)10-3-1-2-6-14-10/h4-5,7,10,14H,1-3,6H2,(H,15,17). The van der Waals surface area contributed by atoms with Crippen LogP contribution >= 0.6 is 11.6 Å². The molecular weight excluding hydrogens is 270 g/mol. The van der Waals surface area contributed by atoms with Crippen molar-refractivity contribution in [3.8, 4) is 0 Å². The molecule has 7 heteroatoms. The monoisotopic (exact) mass is 283 g/mol. The highest BCUT2D eigenvalue weighted by Gasteiger charge is 2.21. The van der Waals surface area contributed by atoms with Crippen LogP contribution in [-0.2, 0) is 4.79 Å². The number of nitro groups is 1. The molecule has 1 aromatic carbocycles. The Morgan fingerprint density at radius 2 is 2.26 bits per heavy atom. The number of hydrogen-bond donors (Lipinski definition) is 2. The summed E-state index contributed by atoms with van der Waals surface area (Å²) in [7, 11) is 0. The Bertz CT molecular complexity index is 501. The van der Waals surface area contributed by atoms with Crippen LogP contribution in [0.1, 0.15) is 19.3 Å². The summed E-state index contributed by atoms with van der Waals surface area (Å²) in [6.07, 6.45) is 2.89. The number of rotatable bonds is 3. The number of piperidine rings is 1. The summed E-state index contributed by atoms with van der Waals surface area (Å²) in [4.78, 5) is 22.0. The lowest BCUT2D eigenvalue weighted by molar-refractivity contribution is -0.384. The Kier molecular flexibility index (Phi) is 4.34. The summed E-state index contributed by atoms with van der Waals surface area (Å²) >= 11 is 5.79. The van der Waals surface area contributed by atoms with Crippen LogP contribution in [0.2, 0.25) is 5.02 Å². The molecule has 1 amide bonds. The summed E-state index contributed by atoms with van der Waals surface area (Å²) in [6, 6.07) is 3.94. The first kappa shape index (κ1) is 13.8. The van der Waals surface area contributed by atoms with Gasteiger partial charge in [0, 0.05) is 11.8 Å². The van der Waals surface area contributed by atoms with Crippen LogP contribution in [-0.4, -0.2) is 23.4 Å². The van der Waals surface area contributed by atoms with Crippen molar-refractivity contribution in [3.05, 3.63) is 33.3 Å². The molecular formula is C12H14ClN3O3. The van der Waals surface area contributed by atoms with E-state index >= 15 is 0 Å². The number of anilines is 1. The molecule has 1 atom stereocenters. The van der Waals surface area contributed by atoms with Crippen LogP contribution in [0, 0.1) is 10.1 Å². The number of benzene rings is 1. The Labute approximate surface area is 115 Å². The Morgan fingerprint density at radius 1 is 1.47 bits per heavy atom. The maximum Gasteiger partial charge on any atom is 0.288 e. The quantitative estimate of drug-likeness (QED) is 0.659. The summed E-state index contributed by atoms with van der Waals surface area (Å²) in [5.41, 5.74) is 0.295. The Morgan fingerprint density at radius 3 is 2.84 bits per heavy atom. The average molecular weight is 284 g/mol. The molecule has 2 rings (SSSR count). The largest absolute Gasteiger partial charge is 0.325 e. The molecule has 1 aromatic rings. The van der Waals surface area contributed by atoms with Crippen molar-refractivity contribution in [2.75, 3.05) is 11.9 Å². The van der Waals surface area contributed by atoms with Crippen LogP contribution in [0.5, 0.6) is 0 Å². The van der Waals surface area contributed by atoms with E-state index in [-0.39, 0.29) is 22.7 Å². The SMILES string of the molecule is O=C(Nc1ccc([N+](=O)[O-])c(Cl)c1)C1CCCCN1. The fourth-order valence-corrected chi connectivity index (χ4v) is 2.29. The number of amides is 1. The van der Waals surface area contributed by atoms with E-state index in [2.05, 4.69) is 10.6 Å². The number of hydrogen-bond acceptors (Lipinski definition) is 4. The van der Waals surface area contributed by atoms with Crippen molar-refractivity contribution in [3.63, 3.8) is 0 Å². The van der Waals surface area contributed by atoms with Crippen molar-refractivity contribution in [1.82, 2.24) is 5.32 Å². The van der Waals surface area contributed by atoms with Crippen molar-refractivity contribution in [2.45, 2.75) is 25.3 Å². The fraction of sp³-hybridized carbons (Fsp3) is 0.417. The van der Waals surface area contributed by atoms with E-state index in [1.54, 1.807) is 0 Å². The smallest absolute Gasteiger partial charge is 0.288 e. The van der Waals surface area contributed by atoms with Gasteiger partial charge >= 0.3 is 0 Å². The third-order valence-corrected chi connectivity index (χ3v) is 3.34. The Hall–Kier alpha value is -1.66. The molecule has 0 saturated carbocycles. The molecule has 0 bridgehead atoms. The minimum atomic E-state index is -0.559. The van der Waals surface area contributed by atoms with Gasteiger partial charge in [0.05, 0.1) is 11.0 Å². The molecule has 1 aliphatic heterocycles. The Balaban J connectivity index is 2.04. The summed E-state index contributed by atoms with van der Waals surface area (Å²) < 4.78 is 0. The summed E-state index contributed by atoms with van der Waals surface area (Å²) in [5, 5.41) is 16.5. The predicted molar refractivity (Wildman–Crippen MR) is 72.4 cm³/mol. The number of nitro benzene ring substituents is 1. The van der Waals surface area contributed by atoms with E-state index in [4.69, 9.17) is 11.6 Å². The van der Waals surface area contributed by atoms with Crippen molar-refractivity contribution in [2.24, 2.45) is 0 Å². The van der Waals surface area contributed by atoms with E-state index in [9.17, 15) is 14.9 Å². The molecule has 102 valence electrons. The normalized spacial score (nSPS) is 18.9. The molecule has 1 heterocycles. The number of carbonyl (C=O) groups is 1. The van der Waals surface area contributed by atoms with Gasteiger partial charge in [-0.25, -0.2) is 0 Å². The van der Waals surface area contributed by atoms with Gasteiger partial charge in [-0.15, -0.1) is 0 Å². The third-order valence-electron chi connectivity index (χ3n) is 3.04. The molecule has 0 aromatic heterocycles. The second-order valence-electron chi connectivity index (χ2n) is 4.42. The minimum absolute atomic E-state index is 0.0133. The van der Waals surface area contributed by atoms with Crippen LogP contribution in [0.4, 0.5) is 11.4 Å². The highest BCUT2D eigenvalue weighted by Crippen LogP contribution is 2.27. The fourth-order valence-electron chi connectivity index (χ4n) is 2.04. The van der Waals surface area contributed by atoms with Crippen LogP contribution in [0.15, 0.2) is 18.2 Å². The van der Waals surface area contributed by atoms with Gasteiger partial charge in [-0.1, -0.05) is 18.0 Å². The van der Waals surface area contributed by atoms with E-state index in [0.717, 1.165) is 25.8 Å². The van der Waals surface area contributed by atoms with Gasteiger partial charge in [-0.3, -0.25) is 14.9 Å². The summed E-state index contributed by atoms with van der Waals surface area (Å²) in [5.74, 6) is -0.135. The molecule has 0 spiro atoms. The lowest BCUT2D eigenvalue weighted by Crippen LogP contribution is -2.43. The first-order valence-corrected chi connectivity index (χ1v) is 6.44. The summed E-state index contributed by atoms with van der Waals surface area (Å²) in [6.45, 7) is 0.832. The van der Waals surface area contributed by atoms with Crippen molar-refractivity contribution in [1.29, 1.82) is 0 Å². The second-order valence-corrected chi connectivity index (χ2v) is 4.82. The first-order chi connectivity index (χ1) is 9.08. The lowest BCUT2D eigenvalue weighted by Gasteiger charge is -2.22. The molecule has 1 unspecified atom stereocenters. The molecule has 1 fully saturated rings. The van der Waals surface area contributed by atoms with E-state index < -0.39 is 4.92 Å². The van der Waals surface area contributed by atoms with Gasteiger partial charge in [0.2, 0.25) is 5.91 Å². The molecule has 1 saturated heterocycles. The predicted octanol–water partition coefficient (Wildman–Crippen LogP) is 2.33. The molecule has 0 aliphatic carbocycles. The zero-order chi connectivity index (χ0) is 13.8. The highest BCUT2D eigenvalue weighted by atomic mass is 35.5. The topological polar surface area (TPSA) is 84.3 Å². The van der Waals surface area contributed by atoms with Crippen molar-refractivity contribution >= 4 is 28.9 Å². The molecule has 0 radical (unpaired) electrons. The second kappa shape index (κ2) is 5.99. The zero-order valence-corrected chi connectivity index (χ0v) is 10.9. The number of carbonyl (C=O) groups excluding carboxylic acids is 1. The highest BCUT2D eigenvalue weighted by molar-refractivity contribution is 6.33. The van der Waals surface area contributed by atoms with Crippen LogP contribution in [0.25, 0.3) is 0 Å². The van der Waals surface area contributed by atoms with Gasteiger partial charge in [-0.2, -0.15) is 0 Å². The van der Waals surface area contributed by atoms with E-state index in [1.165, 1.54) is 18.2 Å². The number of nitrogens with zero attached hydrogens (tertiary/aromatic N) is 1. The maximum absolute atomic E-state index is 11.9. The van der Waals surface area contributed by atoms with Gasteiger partial charge in [0.15, 0.2) is 0 Å². The molecule has 19 heavy (non-hydrogen) atoms. The van der Waals surface area contributed by atoms with Gasteiger partial charge < -0.3 is 10.6 Å². The van der Waals surface area contributed by atoms with Gasteiger partial charge in [-0.05, 0) is 31.5 Å². The van der Waals surface area contributed by atoms with Gasteiger partial charge in [0.1, 0.15) is 5.02 Å². The van der Waals surface area contributed by atoms with Crippen molar-refractivity contribution < 1.29 is 9.72 Å². The zero-order valence-electron chi connectivity index (χ0n) is 10.2. The maximum atomic E-state index is 11.9.